The summed E-state index contributed by atoms with van der Waals surface area (Å²) in [6.07, 6.45) is 5.54. The van der Waals surface area contributed by atoms with Gasteiger partial charge in [0.1, 0.15) is 0 Å². The van der Waals surface area contributed by atoms with Crippen molar-refractivity contribution in [2.24, 2.45) is 0 Å². The highest BCUT2D eigenvalue weighted by atomic mass is 15.1. The van der Waals surface area contributed by atoms with Crippen LogP contribution < -0.4 is 10.6 Å². The van der Waals surface area contributed by atoms with Crippen LogP contribution in [-0.4, -0.2) is 5.96 Å². The molecule has 22 heavy (non-hydrogen) atoms. The first-order valence-corrected chi connectivity index (χ1v) is 7.99. The third kappa shape index (κ3) is 8.10. The van der Waals surface area contributed by atoms with Gasteiger partial charge < -0.3 is 10.6 Å². The highest BCUT2D eigenvalue weighted by Crippen LogP contribution is 2.07. The maximum atomic E-state index is 7.74. The Morgan fingerprint density at radius 1 is 0.727 bits per heavy atom. The van der Waals surface area contributed by atoms with Crippen LogP contribution in [0, 0.1) is 5.41 Å². The van der Waals surface area contributed by atoms with Crippen molar-refractivity contribution < 1.29 is 0 Å². The molecule has 0 aliphatic rings. The molecule has 3 nitrogen and oxygen atoms in total. The number of anilines is 2. The molecule has 0 saturated heterocycles. The quantitative estimate of drug-likeness (QED) is 0.375. The maximum Gasteiger partial charge on any atom is 0.197 e. The fourth-order valence-electron chi connectivity index (χ4n) is 1.86. The average molecular weight is 297 g/mol. The van der Waals surface area contributed by atoms with E-state index < -0.39 is 0 Å². The standard InChI is InChI=1S/C13H13N3.C6H14/c14-13(15-11-7-3-1-4-8-11)16-12-9-5-2-6-10-12;1-3-5-6-4-2/h1-10H,(H3,14,15,16);3-6H2,1-2H3. The second-order valence-electron chi connectivity index (χ2n) is 5.06. The summed E-state index contributed by atoms with van der Waals surface area (Å²) < 4.78 is 0. The summed E-state index contributed by atoms with van der Waals surface area (Å²) in [7, 11) is 0. The van der Waals surface area contributed by atoms with Crippen LogP contribution in [0.2, 0.25) is 0 Å². The normalized spacial score (nSPS) is 9.36. The molecule has 0 aromatic heterocycles. The number of para-hydroxylation sites is 2. The lowest BCUT2D eigenvalue weighted by molar-refractivity contribution is 0.702. The molecule has 0 spiro atoms. The van der Waals surface area contributed by atoms with E-state index in [-0.39, 0.29) is 5.96 Å². The molecule has 0 atom stereocenters. The van der Waals surface area contributed by atoms with Crippen molar-refractivity contribution in [1.29, 1.82) is 5.41 Å². The van der Waals surface area contributed by atoms with Gasteiger partial charge in [0.05, 0.1) is 0 Å². The molecular weight excluding hydrogens is 270 g/mol. The van der Waals surface area contributed by atoms with Gasteiger partial charge in [0.2, 0.25) is 0 Å². The zero-order chi connectivity index (χ0) is 16.0. The van der Waals surface area contributed by atoms with Crippen molar-refractivity contribution in [2.75, 3.05) is 10.6 Å². The van der Waals surface area contributed by atoms with Crippen molar-refractivity contribution in [2.45, 2.75) is 39.5 Å². The van der Waals surface area contributed by atoms with Crippen LogP contribution in [0.15, 0.2) is 60.7 Å². The minimum atomic E-state index is 0.261. The van der Waals surface area contributed by atoms with Crippen molar-refractivity contribution in [3.8, 4) is 0 Å². The minimum absolute atomic E-state index is 0.261. The number of hydrogen-bond donors (Lipinski definition) is 3. The van der Waals surface area contributed by atoms with Gasteiger partial charge in [0.25, 0.3) is 0 Å². The van der Waals surface area contributed by atoms with E-state index in [4.69, 9.17) is 5.41 Å². The first kappa shape index (κ1) is 17.8. The number of hydrogen-bond acceptors (Lipinski definition) is 1. The Morgan fingerprint density at radius 3 is 1.41 bits per heavy atom. The van der Waals surface area contributed by atoms with Crippen molar-refractivity contribution in [1.82, 2.24) is 0 Å². The lowest BCUT2D eigenvalue weighted by Gasteiger charge is -2.09. The fourth-order valence-corrected chi connectivity index (χ4v) is 1.86. The molecule has 0 amide bonds. The molecule has 2 aromatic carbocycles. The Balaban J connectivity index is 0.000000346. The van der Waals surface area contributed by atoms with Gasteiger partial charge >= 0.3 is 0 Å². The number of nitrogens with one attached hydrogen (secondary N) is 3. The third-order valence-electron chi connectivity index (χ3n) is 3.04. The summed E-state index contributed by atoms with van der Waals surface area (Å²) in [5.41, 5.74) is 1.80. The molecular formula is C19H27N3. The summed E-state index contributed by atoms with van der Waals surface area (Å²) in [6.45, 7) is 4.46. The van der Waals surface area contributed by atoms with E-state index in [2.05, 4.69) is 24.5 Å². The summed E-state index contributed by atoms with van der Waals surface area (Å²) in [5.74, 6) is 0.261. The van der Waals surface area contributed by atoms with E-state index in [1.165, 1.54) is 25.7 Å². The number of guanidine groups is 1. The monoisotopic (exact) mass is 297 g/mol. The number of rotatable bonds is 5. The molecule has 2 rings (SSSR count). The average Bonchev–Trinajstić information content (AvgIpc) is 2.55. The highest BCUT2D eigenvalue weighted by molar-refractivity contribution is 6.01. The van der Waals surface area contributed by atoms with E-state index >= 15 is 0 Å². The smallest absolute Gasteiger partial charge is 0.197 e. The topological polar surface area (TPSA) is 47.9 Å². The van der Waals surface area contributed by atoms with Crippen LogP contribution in [0.3, 0.4) is 0 Å². The molecule has 0 saturated carbocycles. The molecule has 0 fully saturated rings. The minimum Gasteiger partial charge on any atom is -0.326 e. The molecule has 0 radical (unpaired) electrons. The Labute approximate surface area is 134 Å². The van der Waals surface area contributed by atoms with Gasteiger partial charge in [-0.3, -0.25) is 5.41 Å². The summed E-state index contributed by atoms with van der Waals surface area (Å²) in [5, 5.41) is 13.7. The van der Waals surface area contributed by atoms with Crippen LogP contribution in [0.25, 0.3) is 0 Å². The van der Waals surface area contributed by atoms with Gasteiger partial charge in [0.15, 0.2) is 5.96 Å². The van der Waals surface area contributed by atoms with Gasteiger partial charge in [-0.1, -0.05) is 75.9 Å². The predicted molar refractivity (Wildman–Crippen MR) is 97.7 cm³/mol. The number of unbranched alkanes of at least 4 members (excludes halogenated alkanes) is 3. The van der Waals surface area contributed by atoms with E-state index in [1.807, 2.05) is 60.7 Å². The van der Waals surface area contributed by atoms with E-state index in [0.717, 1.165) is 11.4 Å². The lowest BCUT2D eigenvalue weighted by atomic mass is 10.2. The second-order valence-corrected chi connectivity index (χ2v) is 5.06. The fraction of sp³-hybridized carbons (Fsp3) is 0.316. The molecule has 0 unspecified atom stereocenters. The van der Waals surface area contributed by atoms with Gasteiger partial charge in [-0.15, -0.1) is 0 Å². The number of benzene rings is 2. The molecule has 0 heterocycles. The predicted octanol–water partition coefficient (Wildman–Crippen LogP) is 5.73. The molecule has 0 aliphatic carbocycles. The zero-order valence-corrected chi connectivity index (χ0v) is 13.6. The third-order valence-corrected chi connectivity index (χ3v) is 3.04. The van der Waals surface area contributed by atoms with Crippen molar-refractivity contribution >= 4 is 17.3 Å². The largest absolute Gasteiger partial charge is 0.326 e. The van der Waals surface area contributed by atoms with Crippen LogP contribution >= 0.6 is 0 Å². The molecule has 118 valence electrons. The van der Waals surface area contributed by atoms with E-state index in [1.54, 1.807) is 0 Å². The van der Waals surface area contributed by atoms with Crippen LogP contribution in [0.4, 0.5) is 11.4 Å². The van der Waals surface area contributed by atoms with E-state index in [0.29, 0.717) is 0 Å². The van der Waals surface area contributed by atoms with Gasteiger partial charge in [-0.2, -0.15) is 0 Å². The first-order chi connectivity index (χ1) is 10.8. The maximum absolute atomic E-state index is 7.74. The van der Waals surface area contributed by atoms with Crippen molar-refractivity contribution in [3.05, 3.63) is 60.7 Å². The molecule has 3 heteroatoms. The van der Waals surface area contributed by atoms with Gasteiger partial charge in [0, 0.05) is 11.4 Å². The highest BCUT2D eigenvalue weighted by Gasteiger charge is 1.96. The summed E-state index contributed by atoms with van der Waals surface area (Å²) >= 11 is 0. The Bertz CT molecular complexity index is 461. The van der Waals surface area contributed by atoms with Crippen LogP contribution in [0.5, 0.6) is 0 Å². The second kappa shape index (κ2) is 11.4. The van der Waals surface area contributed by atoms with Crippen LogP contribution in [0.1, 0.15) is 39.5 Å². The Morgan fingerprint density at radius 2 is 1.09 bits per heavy atom. The van der Waals surface area contributed by atoms with Gasteiger partial charge in [-0.05, 0) is 24.3 Å². The van der Waals surface area contributed by atoms with E-state index in [9.17, 15) is 0 Å². The molecule has 3 N–H and O–H groups in total. The first-order valence-electron chi connectivity index (χ1n) is 7.99. The molecule has 2 aromatic rings. The molecule has 0 aliphatic heterocycles. The lowest BCUT2D eigenvalue weighted by Crippen LogP contribution is -2.20. The summed E-state index contributed by atoms with van der Waals surface area (Å²) in [4.78, 5) is 0. The zero-order valence-electron chi connectivity index (χ0n) is 13.6. The van der Waals surface area contributed by atoms with Crippen molar-refractivity contribution in [3.63, 3.8) is 0 Å². The molecule has 0 bridgehead atoms. The van der Waals surface area contributed by atoms with Gasteiger partial charge in [-0.25, -0.2) is 0 Å². The summed E-state index contributed by atoms with van der Waals surface area (Å²) in [6, 6.07) is 19.3. The SMILES string of the molecule is CCCCCC.N=C(Nc1ccccc1)Nc1ccccc1. The Hall–Kier alpha value is -2.29. The Kier molecular flexibility index (Phi) is 9.19. The van der Waals surface area contributed by atoms with Crippen LogP contribution in [-0.2, 0) is 0 Å².